The lowest BCUT2D eigenvalue weighted by molar-refractivity contribution is -0.133. The van der Waals surface area contributed by atoms with Gasteiger partial charge in [0.25, 0.3) is 5.91 Å². The number of amides is 2. The number of fused-ring (bicyclic) bond motifs is 1. The fourth-order valence-electron chi connectivity index (χ4n) is 3.52. The monoisotopic (exact) mass is 432 g/mol. The van der Waals surface area contributed by atoms with Gasteiger partial charge in [0, 0.05) is 41.8 Å². The summed E-state index contributed by atoms with van der Waals surface area (Å²) in [5.41, 5.74) is 1.50. The predicted octanol–water partition coefficient (Wildman–Crippen LogP) is 2.62. The van der Waals surface area contributed by atoms with Crippen LogP contribution in [0.2, 0.25) is 10.0 Å². The zero-order valence-electron chi connectivity index (χ0n) is 15.4. The third-order valence-corrected chi connectivity index (χ3v) is 5.44. The number of aromatic amines is 1. The number of hydrogen-bond acceptors (Lipinski definition) is 3. The summed E-state index contributed by atoms with van der Waals surface area (Å²) in [6, 6.07) is 12.0. The highest BCUT2D eigenvalue weighted by Crippen LogP contribution is 2.21. The zero-order valence-corrected chi connectivity index (χ0v) is 16.9. The second-order valence-corrected chi connectivity index (χ2v) is 7.74. The Balaban J connectivity index is 1.41. The molecule has 1 aromatic heterocycles. The van der Waals surface area contributed by atoms with E-state index in [-0.39, 0.29) is 24.0 Å². The Labute approximate surface area is 176 Å². The maximum atomic E-state index is 12.7. The predicted molar refractivity (Wildman–Crippen MR) is 112 cm³/mol. The smallest absolute Gasteiger partial charge is 0.326 e. The first-order chi connectivity index (χ1) is 13.9. The van der Waals surface area contributed by atoms with Crippen molar-refractivity contribution >= 4 is 46.0 Å². The van der Waals surface area contributed by atoms with Crippen LogP contribution in [0.5, 0.6) is 0 Å². The van der Waals surface area contributed by atoms with E-state index in [1.807, 2.05) is 12.1 Å². The van der Waals surface area contributed by atoms with Gasteiger partial charge in [0.1, 0.15) is 6.54 Å². The normalized spacial score (nSPS) is 14.4. The Morgan fingerprint density at radius 3 is 2.24 bits per heavy atom. The highest BCUT2D eigenvalue weighted by Gasteiger charge is 2.26. The second kappa shape index (κ2) is 7.93. The number of piperazine rings is 1. The van der Waals surface area contributed by atoms with Crippen molar-refractivity contribution in [3.8, 4) is 0 Å². The molecule has 0 radical (unpaired) electrons. The molecule has 1 N–H and O–H groups in total. The number of para-hydroxylation sites is 2. The van der Waals surface area contributed by atoms with E-state index in [1.165, 1.54) is 4.57 Å². The lowest BCUT2D eigenvalue weighted by Gasteiger charge is -2.35. The molecular formula is C20H18Cl2N4O3. The molecule has 1 aliphatic rings. The molecule has 3 aromatic rings. The van der Waals surface area contributed by atoms with Gasteiger partial charge in [-0.3, -0.25) is 14.2 Å². The Hall–Kier alpha value is -2.77. The van der Waals surface area contributed by atoms with Gasteiger partial charge in [-0.1, -0.05) is 35.3 Å². The van der Waals surface area contributed by atoms with Gasteiger partial charge in [0.2, 0.25) is 5.91 Å². The van der Waals surface area contributed by atoms with Crippen LogP contribution in [0.3, 0.4) is 0 Å². The number of benzene rings is 2. The number of nitrogens with zero attached hydrogens (tertiary/aromatic N) is 3. The van der Waals surface area contributed by atoms with E-state index >= 15 is 0 Å². The first-order valence-electron chi connectivity index (χ1n) is 9.13. The summed E-state index contributed by atoms with van der Waals surface area (Å²) in [5, 5.41) is 0.803. The molecule has 0 saturated carbocycles. The van der Waals surface area contributed by atoms with Crippen LogP contribution in [-0.2, 0) is 11.3 Å². The van der Waals surface area contributed by atoms with Crippen LogP contribution < -0.4 is 5.69 Å². The lowest BCUT2D eigenvalue weighted by Crippen LogP contribution is -2.51. The van der Waals surface area contributed by atoms with Gasteiger partial charge in [-0.2, -0.15) is 0 Å². The van der Waals surface area contributed by atoms with Gasteiger partial charge in [-0.25, -0.2) is 4.79 Å². The molecule has 9 heteroatoms. The molecule has 150 valence electrons. The number of halogens is 2. The Morgan fingerprint density at radius 2 is 1.55 bits per heavy atom. The van der Waals surface area contributed by atoms with E-state index in [2.05, 4.69) is 4.98 Å². The van der Waals surface area contributed by atoms with Gasteiger partial charge in [-0.15, -0.1) is 0 Å². The molecule has 2 amide bonds. The van der Waals surface area contributed by atoms with Crippen LogP contribution in [-0.4, -0.2) is 57.3 Å². The molecule has 0 spiro atoms. The molecule has 7 nitrogen and oxygen atoms in total. The van der Waals surface area contributed by atoms with Gasteiger partial charge in [-0.05, 0) is 30.3 Å². The van der Waals surface area contributed by atoms with Crippen molar-refractivity contribution in [3.63, 3.8) is 0 Å². The van der Waals surface area contributed by atoms with E-state index in [0.717, 1.165) is 0 Å². The van der Waals surface area contributed by atoms with Crippen LogP contribution in [0, 0.1) is 0 Å². The van der Waals surface area contributed by atoms with Crippen LogP contribution in [0.25, 0.3) is 11.0 Å². The van der Waals surface area contributed by atoms with Crippen LogP contribution in [0.15, 0.2) is 47.3 Å². The summed E-state index contributed by atoms with van der Waals surface area (Å²) in [6.45, 7) is 1.56. The Morgan fingerprint density at radius 1 is 0.931 bits per heavy atom. The topological polar surface area (TPSA) is 78.4 Å². The molecule has 2 heterocycles. The fraction of sp³-hybridized carbons (Fsp3) is 0.250. The highest BCUT2D eigenvalue weighted by molar-refractivity contribution is 6.35. The van der Waals surface area contributed by atoms with Gasteiger partial charge in [0.05, 0.1) is 11.0 Å². The Bertz CT molecular complexity index is 1130. The van der Waals surface area contributed by atoms with Crippen molar-refractivity contribution in [1.82, 2.24) is 19.4 Å². The fourth-order valence-corrected chi connectivity index (χ4v) is 4.04. The first-order valence-corrected chi connectivity index (χ1v) is 9.88. The largest absolute Gasteiger partial charge is 0.338 e. The van der Waals surface area contributed by atoms with Crippen molar-refractivity contribution in [1.29, 1.82) is 0 Å². The molecule has 0 unspecified atom stereocenters. The van der Waals surface area contributed by atoms with Crippen molar-refractivity contribution in [2.24, 2.45) is 0 Å². The standard InChI is InChI=1S/C20H18Cl2N4O3/c21-14-9-13(10-15(22)11-14)19(28)25-7-5-24(6-8-25)18(27)12-26-17-4-2-1-3-16(17)23-20(26)29/h1-4,9-11H,5-8,12H2,(H,23,29). The summed E-state index contributed by atoms with van der Waals surface area (Å²) < 4.78 is 1.43. The number of hydrogen-bond donors (Lipinski definition) is 1. The molecule has 0 atom stereocenters. The molecule has 4 rings (SSSR count). The van der Waals surface area contributed by atoms with Crippen molar-refractivity contribution < 1.29 is 9.59 Å². The minimum absolute atomic E-state index is 0.0410. The average molecular weight is 433 g/mol. The molecule has 2 aromatic carbocycles. The van der Waals surface area contributed by atoms with Crippen LogP contribution in [0.1, 0.15) is 10.4 Å². The van der Waals surface area contributed by atoms with Gasteiger partial charge >= 0.3 is 5.69 Å². The number of H-pyrrole nitrogens is 1. The SMILES string of the molecule is O=C(Cn1c(=O)[nH]c2ccccc21)N1CCN(C(=O)c2cc(Cl)cc(Cl)c2)CC1. The van der Waals surface area contributed by atoms with E-state index < -0.39 is 0 Å². The van der Waals surface area contributed by atoms with Crippen LogP contribution >= 0.6 is 23.2 Å². The molecule has 1 fully saturated rings. The minimum Gasteiger partial charge on any atom is -0.338 e. The molecule has 0 bridgehead atoms. The highest BCUT2D eigenvalue weighted by atomic mass is 35.5. The van der Waals surface area contributed by atoms with Gasteiger partial charge in [0.15, 0.2) is 0 Å². The molecule has 1 saturated heterocycles. The van der Waals surface area contributed by atoms with E-state index in [9.17, 15) is 14.4 Å². The second-order valence-electron chi connectivity index (χ2n) is 6.86. The summed E-state index contributed by atoms with van der Waals surface area (Å²) in [4.78, 5) is 43.7. The number of aromatic nitrogens is 2. The van der Waals surface area contributed by atoms with Crippen molar-refractivity contribution in [3.05, 3.63) is 68.6 Å². The maximum Gasteiger partial charge on any atom is 0.326 e. The summed E-state index contributed by atoms with van der Waals surface area (Å²) in [5.74, 6) is -0.330. The quantitative estimate of drug-likeness (QED) is 0.690. The summed E-state index contributed by atoms with van der Waals surface area (Å²) >= 11 is 12.0. The number of rotatable bonds is 3. The number of carbonyl (C=O) groups is 2. The van der Waals surface area contributed by atoms with E-state index in [1.54, 1.807) is 40.1 Å². The average Bonchev–Trinajstić information content (AvgIpc) is 3.02. The van der Waals surface area contributed by atoms with E-state index in [0.29, 0.717) is 52.8 Å². The minimum atomic E-state index is -0.314. The maximum absolute atomic E-state index is 12.7. The van der Waals surface area contributed by atoms with Gasteiger partial charge < -0.3 is 14.8 Å². The van der Waals surface area contributed by atoms with Crippen molar-refractivity contribution in [2.75, 3.05) is 26.2 Å². The third-order valence-electron chi connectivity index (χ3n) is 5.00. The third kappa shape index (κ3) is 4.02. The summed E-state index contributed by atoms with van der Waals surface area (Å²) in [7, 11) is 0. The zero-order chi connectivity index (χ0) is 20.5. The molecular weight excluding hydrogens is 415 g/mol. The number of nitrogens with one attached hydrogen (secondary N) is 1. The van der Waals surface area contributed by atoms with Crippen molar-refractivity contribution in [2.45, 2.75) is 6.54 Å². The molecule has 29 heavy (non-hydrogen) atoms. The molecule has 1 aliphatic heterocycles. The number of imidazole rings is 1. The summed E-state index contributed by atoms with van der Waals surface area (Å²) in [6.07, 6.45) is 0. The van der Waals surface area contributed by atoms with E-state index in [4.69, 9.17) is 23.2 Å². The van der Waals surface area contributed by atoms with Crippen LogP contribution in [0.4, 0.5) is 0 Å². The first kappa shape index (κ1) is 19.5. The number of carbonyl (C=O) groups excluding carboxylic acids is 2. The lowest BCUT2D eigenvalue weighted by atomic mass is 10.2. The Kier molecular flexibility index (Phi) is 5.34. The molecule has 0 aliphatic carbocycles.